The second-order valence-corrected chi connectivity index (χ2v) is 13.1. The van der Waals surface area contributed by atoms with Gasteiger partial charge in [0.1, 0.15) is 5.75 Å². The molecule has 3 heterocycles. The zero-order valence-corrected chi connectivity index (χ0v) is 17.4. The fourth-order valence-corrected chi connectivity index (χ4v) is 5.05. The van der Waals surface area contributed by atoms with Crippen molar-refractivity contribution in [1.29, 1.82) is 0 Å². The summed E-state index contributed by atoms with van der Waals surface area (Å²) in [4.78, 5) is 2.58. The van der Waals surface area contributed by atoms with Crippen LogP contribution >= 0.6 is 0 Å². The van der Waals surface area contributed by atoms with Crippen molar-refractivity contribution < 1.29 is 4.43 Å². The van der Waals surface area contributed by atoms with Gasteiger partial charge in [-0.1, -0.05) is 24.3 Å². The third kappa shape index (κ3) is 3.47. The molecular formula is C22H30N2OSi. The standard InChI is InChI=1S/C22H30N2OSi/c1-16-8-7-9-18(22(16)24-12-5-6-13-24)20-14-17-10-11-19(23-20)21(15-17)25-26(2,3)4/h7-11,15,20,23H,5-6,12-14H2,1-4H3. The lowest BCUT2D eigenvalue weighted by Crippen LogP contribution is -2.29. The quantitative estimate of drug-likeness (QED) is 0.721. The second kappa shape index (κ2) is 6.65. The average Bonchev–Trinajstić information content (AvgIpc) is 2.94. The molecule has 1 saturated heterocycles. The molecule has 3 aliphatic rings. The number of nitrogens with zero attached hydrogens (tertiary/aromatic N) is 1. The molecule has 1 fully saturated rings. The Morgan fingerprint density at radius 2 is 1.85 bits per heavy atom. The van der Waals surface area contributed by atoms with Crippen LogP contribution in [0.15, 0.2) is 36.4 Å². The van der Waals surface area contributed by atoms with E-state index >= 15 is 0 Å². The molecule has 0 radical (unpaired) electrons. The minimum absolute atomic E-state index is 0.296. The molecule has 2 bridgehead atoms. The Hall–Kier alpha value is -1.94. The van der Waals surface area contributed by atoms with Gasteiger partial charge in [-0.25, -0.2) is 0 Å². The van der Waals surface area contributed by atoms with Crippen LogP contribution in [0.25, 0.3) is 0 Å². The van der Waals surface area contributed by atoms with Crippen LogP contribution < -0.4 is 14.6 Å². The van der Waals surface area contributed by atoms with Gasteiger partial charge in [0.2, 0.25) is 8.32 Å². The molecule has 0 aliphatic carbocycles. The summed E-state index contributed by atoms with van der Waals surface area (Å²) in [5.41, 5.74) is 6.74. The maximum Gasteiger partial charge on any atom is 0.242 e. The van der Waals surface area contributed by atoms with E-state index in [-0.39, 0.29) is 0 Å². The second-order valence-electron chi connectivity index (χ2n) is 8.65. The van der Waals surface area contributed by atoms with Crippen molar-refractivity contribution >= 4 is 19.7 Å². The van der Waals surface area contributed by atoms with Crippen LogP contribution in [-0.4, -0.2) is 21.4 Å². The summed E-state index contributed by atoms with van der Waals surface area (Å²) >= 11 is 0. The van der Waals surface area contributed by atoms with Crippen molar-refractivity contribution in [2.45, 2.75) is 51.9 Å². The molecule has 1 atom stereocenters. The highest BCUT2D eigenvalue weighted by Crippen LogP contribution is 2.41. The number of anilines is 2. The summed E-state index contributed by atoms with van der Waals surface area (Å²) in [5.74, 6) is 1.03. The highest BCUT2D eigenvalue weighted by Gasteiger charge is 2.27. The first-order chi connectivity index (χ1) is 12.4. The molecule has 4 heteroatoms. The first kappa shape index (κ1) is 17.5. The van der Waals surface area contributed by atoms with Crippen molar-refractivity contribution in [1.82, 2.24) is 0 Å². The normalized spacial score (nSPS) is 19.4. The fraction of sp³-hybridized carbons (Fsp3) is 0.455. The van der Waals surface area contributed by atoms with E-state index in [1.165, 1.54) is 48.3 Å². The van der Waals surface area contributed by atoms with E-state index in [0.717, 1.165) is 17.9 Å². The van der Waals surface area contributed by atoms with Gasteiger partial charge in [-0.05, 0) is 74.7 Å². The van der Waals surface area contributed by atoms with Crippen LogP contribution in [0, 0.1) is 6.92 Å². The highest BCUT2D eigenvalue weighted by atomic mass is 28.4. The van der Waals surface area contributed by atoms with Gasteiger partial charge in [-0.3, -0.25) is 0 Å². The van der Waals surface area contributed by atoms with Gasteiger partial charge in [0.05, 0.1) is 11.7 Å². The lowest BCUT2D eigenvalue weighted by atomic mass is 9.96. The van der Waals surface area contributed by atoms with Crippen LogP contribution in [0.4, 0.5) is 11.4 Å². The van der Waals surface area contributed by atoms with Crippen molar-refractivity contribution in [2.24, 2.45) is 0 Å². The summed E-state index contributed by atoms with van der Waals surface area (Å²) in [7, 11) is -1.63. The van der Waals surface area contributed by atoms with E-state index in [1.807, 2.05) is 0 Å². The molecule has 26 heavy (non-hydrogen) atoms. The van der Waals surface area contributed by atoms with Gasteiger partial charge in [0.15, 0.2) is 0 Å². The molecule has 2 aromatic rings. The smallest absolute Gasteiger partial charge is 0.242 e. The Kier molecular flexibility index (Phi) is 4.47. The largest absolute Gasteiger partial charge is 0.543 e. The molecule has 0 spiro atoms. The van der Waals surface area contributed by atoms with Gasteiger partial charge in [-0.15, -0.1) is 0 Å². The van der Waals surface area contributed by atoms with Crippen molar-refractivity contribution in [3.8, 4) is 5.75 Å². The molecule has 1 N–H and O–H groups in total. The predicted octanol–water partition coefficient (Wildman–Crippen LogP) is 5.52. The van der Waals surface area contributed by atoms with Crippen molar-refractivity contribution in [3.05, 3.63) is 53.1 Å². The summed E-state index contributed by atoms with van der Waals surface area (Å²) in [5, 5.41) is 3.80. The first-order valence-corrected chi connectivity index (χ1v) is 13.2. The topological polar surface area (TPSA) is 24.5 Å². The SMILES string of the molecule is Cc1cccc(C2Cc3ccc(c(O[Si](C)(C)C)c3)N2)c1N1CCCC1. The van der Waals surface area contributed by atoms with Crippen LogP contribution in [0.3, 0.4) is 0 Å². The molecule has 0 aromatic heterocycles. The number of benzene rings is 2. The summed E-state index contributed by atoms with van der Waals surface area (Å²) in [6.07, 6.45) is 3.61. The molecule has 3 aliphatic heterocycles. The van der Waals surface area contributed by atoms with Gasteiger partial charge in [0, 0.05) is 18.8 Å². The Bertz CT molecular complexity index is 806. The molecule has 0 amide bonds. The van der Waals surface area contributed by atoms with E-state index in [2.05, 4.69) is 73.2 Å². The van der Waals surface area contributed by atoms with E-state index in [9.17, 15) is 0 Å². The lowest BCUT2D eigenvalue weighted by molar-refractivity contribution is 0.559. The maximum atomic E-state index is 6.35. The number of nitrogens with one attached hydrogen (secondary N) is 1. The number of hydrogen-bond acceptors (Lipinski definition) is 3. The third-order valence-electron chi connectivity index (χ3n) is 5.30. The molecular weight excluding hydrogens is 336 g/mol. The third-order valence-corrected chi connectivity index (χ3v) is 6.13. The monoisotopic (exact) mass is 366 g/mol. The maximum absolute atomic E-state index is 6.35. The fourth-order valence-electron chi connectivity index (χ4n) is 4.22. The van der Waals surface area contributed by atoms with E-state index in [4.69, 9.17) is 4.43 Å². The number of fused-ring (bicyclic) bond motifs is 4. The number of para-hydroxylation sites is 1. The summed E-state index contributed by atoms with van der Waals surface area (Å²) in [6.45, 7) is 11.3. The van der Waals surface area contributed by atoms with Gasteiger partial charge < -0.3 is 14.6 Å². The number of aryl methyl sites for hydroxylation is 1. The van der Waals surface area contributed by atoms with Crippen LogP contribution in [0.1, 0.15) is 35.6 Å². The molecule has 5 rings (SSSR count). The number of rotatable bonds is 4. The Balaban J connectivity index is 1.69. The molecule has 1 unspecified atom stereocenters. The number of hydrogen-bond donors (Lipinski definition) is 1. The Morgan fingerprint density at radius 3 is 2.58 bits per heavy atom. The van der Waals surface area contributed by atoms with Crippen molar-refractivity contribution in [2.75, 3.05) is 23.3 Å². The summed E-state index contributed by atoms with van der Waals surface area (Å²) < 4.78 is 6.35. The molecule has 138 valence electrons. The minimum atomic E-state index is -1.63. The Morgan fingerprint density at radius 1 is 1.08 bits per heavy atom. The molecule has 0 saturated carbocycles. The minimum Gasteiger partial charge on any atom is -0.543 e. The zero-order chi connectivity index (χ0) is 18.3. The van der Waals surface area contributed by atoms with Gasteiger partial charge in [0.25, 0.3) is 0 Å². The summed E-state index contributed by atoms with van der Waals surface area (Å²) in [6, 6.07) is 13.7. The van der Waals surface area contributed by atoms with E-state index in [1.54, 1.807) is 0 Å². The predicted molar refractivity (Wildman–Crippen MR) is 113 cm³/mol. The van der Waals surface area contributed by atoms with E-state index < -0.39 is 8.32 Å². The van der Waals surface area contributed by atoms with Crippen LogP contribution in [-0.2, 0) is 6.42 Å². The highest BCUT2D eigenvalue weighted by molar-refractivity contribution is 6.70. The van der Waals surface area contributed by atoms with E-state index in [0.29, 0.717) is 6.04 Å². The molecule has 3 nitrogen and oxygen atoms in total. The van der Waals surface area contributed by atoms with Gasteiger partial charge in [-0.2, -0.15) is 0 Å². The van der Waals surface area contributed by atoms with Crippen LogP contribution in [0.5, 0.6) is 5.75 Å². The first-order valence-electron chi connectivity index (χ1n) is 9.84. The Labute approximate surface area is 158 Å². The average molecular weight is 367 g/mol. The van der Waals surface area contributed by atoms with Gasteiger partial charge >= 0.3 is 0 Å². The van der Waals surface area contributed by atoms with Crippen LogP contribution in [0.2, 0.25) is 19.6 Å². The molecule has 2 aromatic carbocycles. The lowest BCUT2D eigenvalue weighted by Gasteiger charge is -2.28. The zero-order valence-electron chi connectivity index (χ0n) is 16.4. The van der Waals surface area contributed by atoms with Crippen molar-refractivity contribution in [3.63, 3.8) is 0 Å².